The maximum Gasteiger partial charge on any atom is 0.138 e. The van der Waals surface area contributed by atoms with Crippen molar-refractivity contribution < 1.29 is 4.79 Å². The lowest BCUT2D eigenvalue weighted by molar-refractivity contribution is -0.126. The first-order valence-electron chi connectivity index (χ1n) is 8.16. The van der Waals surface area contributed by atoms with E-state index in [0.29, 0.717) is 11.2 Å². The summed E-state index contributed by atoms with van der Waals surface area (Å²) in [6.45, 7) is 13.0. The summed E-state index contributed by atoms with van der Waals surface area (Å²) in [5.41, 5.74) is 0.347. The third-order valence-electron chi connectivity index (χ3n) is 3.67. The van der Waals surface area contributed by atoms with Crippen molar-refractivity contribution in [1.82, 2.24) is 0 Å². The molecular formula is C18H36O. The SMILES string of the molecule is CC(C)(C)CCCCCCCCCC(=O)C(C)(C)C. The molecule has 0 heterocycles. The van der Waals surface area contributed by atoms with Crippen molar-refractivity contribution in [2.75, 3.05) is 0 Å². The first kappa shape index (κ1) is 18.7. The second kappa shape index (κ2) is 8.76. The van der Waals surface area contributed by atoms with E-state index in [-0.39, 0.29) is 5.41 Å². The molecule has 0 saturated heterocycles. The Labute approximate surface area is 121 Å². The van der Waals surface area contributed by atoms with E-state index in [4.69, 9.17) is 0 Å². The lowest BCUT2D eigenvalue weighted by atomic mass is 9.87. The highest BCUT2D eigenvalue weighted by molar-refractivity contribution is 5.83. The molecule has 0 amide bonds. The summed E-state index contributed by atoms with van der Waals surface area (Å²) in [4.78, 5) is 11.7. The molecule has 0 radical (unpaired) electrons. The summed E-state index contributed by atoms with van der Waals surface area (Å²) in [6.07, 6.45) is 11.2. The molecule has 1 nitrogen and oxygen atoms in total. The van der Waals surface area contributed by atoms with Gasteiger partial charge in [-0.3, -0.25) is 4.79 Å². The van der Waals surface area contributed by atoms with Crippen LogP contribution in [0.5, 0.6) is 0 Å². The molecule has 0 spiro atoms. The van der Waals surface area contributed by atoms with Crippen LogP contribution in [-0.2, 0) is 4.79 Å². The number of Topliss-reactive ketones (excluding diaryl/α,β-unsaturated/α-hetero) is 1. The Hall–Kier alpha value is -0.330. The van der Waals surface area contributed by atoms with Gasteiger partial charge in [0.15, 0.2) is 0 Å². The van der Waals surface area contributed by atoms with E-state index >= 15 is 0 Å². The van der Waals surface area contributed by atoms with Crippen LogP contribution >= 0.6 is 0 Å². The van der Waals surface area contributed by atoms with Crippen LogP contribution in [0.2, 0.25) is 0 Å². The van der Waals surface area contributed by atoms with Crippen LogP contribution in [0.15, 0.2) is 0 Å². The molecule has 0 unspecified atom stereocenters. The van der Waals surface area contributed by atoms with Crippen molar-refractivity contribution in [1.29, 1.82) is 0 Å². The molecule has 0 aromatic rings. The number of hydrogen-bond acceptors (Lipinski definition) is 1. The molecule has 0 bridgehead atoms. The molecular weight excluding hydrogens is 232 g/mol. The van der Waals surface area contributed by atoms with E-state index in [1.807, 2.05) is 20.8 Å². The van der Waals surface area contributed by atoms with Gasteiger partial charge in [-0.05, 0) is 18.3 Å². The molecule has 19 heavy (non-hydrogen) atoms. The van der Waals surface area contributed by atoms with Gasteiger partial charge >= 0.3 is 0 Å². The highest BCUT2D eigenvalue weighted by atomic mass is 16.1. The molecule has 0 aliphatic rings. The van der Waals surface area contributed by atoms with Crippen LogP contribution in [0.25, 0.3) is 0 Å². The summed E-state index contributed by atoms with van der Waals surface area (Å²) < 4.78 is 0. The first-order valence-corrected chi connectivity index (χ1v) is 8.16. The molecule has 0 aliphatic carbocycles. The normalized spacial score (nSPS) is 12.7. The van der Waals surface area contributed by atoms with Crippen LogP contribution in [-0.4, -0.2) is 5.78 Å². The quantitative estimate of drug-likeness (QED) is 0.458. The Morgan fingerprint density at radius 3 is 1.53 bits per heavy atom. The Bertz CT molecular complexity index is 239. The molecule has 0 rings (SSSR count). The van der Waals surface area contributed by atoms with Crippen LogP contribution in [0.4, 0.5) is 0 Å². The molecule has 1 heteroatoms. The average molecular weight is 268 g/mol. The van der Waals surface area contributed by atoms with Gasteiger partial charge in [0.25, 0.3) is 0 Å². The van der Waals surface area contributed by atoms with Gasteiger partial charge in [0.2, 0.25) is 0 Å². The number of hydrogen-bond donors (Lipinski definition) is 0. The van der Waals surface area contributed by atoms with E-state index < -0.39 is 0 Å². The minimum Gasteiger partial charge on any atom is -0.299 e. The molecule has 0 aliphatic heterocycles. The van der Waals surface area contributed by atoms with Gasteiger partial charge < -0.3 is 0 Å². The molecule has 0 aromatic carbocycles. The van der Waals surface area contributed by atoms with Gasteiger partial charge in [0, 0.05) is 11.8 Å². The largest absolute Gasteiger partial charge is 0.299 e. The van der Waals surface area contributed by atoms with Gasteiger partial charge in [-0.1, -0.05) is 80.1 Å². The monoisotopic (exact) mass is 268 g/mol. The zero-order valence-corrected chi connectivity index (χ0v) is 14.3. The zero-order chi connectivity index (χ0) is 14.9. The summed E-state index contributed by atoms with van der Waals surface area (Å²) in [5, 5.41) is 0. The molecule has 0 fully saturated rings. The van der Waals surface area contributed by atoms with Crippen molar-refractivity contribution in [3.63, 3.8) is 0 Å². The molecule has 0 aromatic heterocycles. The minimum atomic E-state index is -0.146. The summed E-state index contributed by atoms with van der Waals surface area (Å²) in [7, 11) is 0. The average Bonchev–Trinajstić information content (AvgIpc) is 2.23. The first-order chi connectivity index (χ1) is 8.63. The fourth-order valence-corrected chi connectivity index (χ4v) is 2.20. The summed E-state index contributed by atoms with van der Waals surface area (Å²) >= 11 is 0. The van der Waals surface area contributed by atoms with Crippen LogP contribution in [0.1, 0.15) is 99.3 Å². The maximum absolute atomic E-state index is 11.7. The molecule has 114 valence electrons. The van der Waals surface area contributed by atoms with E-state index in [0.717, 1.165) is 12.8 Å². The van der Waals surface area contributed by atoms with Crippen molar-refractivity contribution >= 4 is 5.78 Å². The topological polar surface area (TPSA) is 17.1 Å². The summed E-state index contributed by atoms with van der Waals surface area (Å²) in [5.74, 6) is 0.415. The minimum absolute atomic E-state index is 0.146. The standard InChI is InChI=1S/C18H36O/c1-17(2,3)15-13-11-9-7-8-10-12-14-16(19)18(4,5)6/h7-15H2,1-6H3. The van der Waals surface area contributed by atoms with Crippen LogP contribution in [0, 0.1) is 10.8 Å². The Balaban J connectivity index is 3.31. The zero-order valence-electron chi connectivity index (χ0n) is 14.3. The fourth-order valence-electron chi connectivity index (χ4n) is 2.20. The van der Waals surface area contributed by atoms with Crippen molar-refractivity contribution in [3.8, 4) is 0 Å². The number of carbonyl (C=O) groups excluding carboxylic acids is 1. The summed E-state index contributed by atoms with van der Waals surface area (Å²) in [6, 6.07) is 0. The third kappa shape index (κ3) is 12.4. The van der Waals surface area contributed by atoms with Crippen molar-refractivity contribution in [3.05, 3.63) is 0 Å². The van der Waals surface area contributed by atoms with Crippen LogP contribution in [0.3, 0.4) is 0 Å². The molecule has 0 saturated carbocycles. The number of ketones is 1. The smallest absolute Gasteiger partial charge is 0.138 e. The van der Waals surface area contributed by atoms with E-state index in [2.05, 4.69) is 20.8 Å². The fraction of sp³-hybridized carbons (Fsp3) is 0.944. The van der Waals surface area contributed by atoms with Crippen molar-refractivity contribution in [2.45, 2.75) is 99.3 Å². The second-order valence-electron chi connectivity index (χ2n) is 8.21. The predicted molar refractivity (Wildman–Crippen MR) is 85.5 cm³/mol. The highest BCUT2D eigenvalue weighted by Crippen LogP contribution is 2.23. The van der Waals surface area contributed by atoms with Gasteiger partial charge in [-0.15, -0.1) is 0 Å². The van der Waals surface area contributed by atoms with Gasteiger partial charge in [0.1, 0.15) is 5.78 Å². The van der Waals surface area contributed by atoms with Crippen molar-refractivity contribution in [2.24, 2.45) is 10.8 Å². The predicted octanol–water partition coefficient (Wildman–Crippen LogP) is 6.16. The van der Waals surface area contributed by atoms with Gasteiger partial charge in [0.05, 0.1) is 0 Å². The number of unbranched alkanes of at least 4 members (excludes halogenated alkanes) is 6. The highest BCUT2D eigenvalue weighted by Gasteiger charge is 2.19. The third-order valence-corrected chi connectivity index (χ3v) is 3.67. The second-order valence-corrected chi connectivity index (χ2v) is 8.21. The molecule has 0 atom stereocenters. The number of carbonyl (C=O) groups is 1. The molecule has 0 N–H and O–H groups in total. The van der Waals surface area contributed by atoms with Crippen LogP contribution < -0.4 is 0 Å². The Morgan fingerprint density at radius 1 is 0.684 bits per heavy atom. The number of rotatable bonds is 9. The van der Waals surface area contributed by atoms with E-state index in [1.54, 1.807) is 0 Å². The van der Waals surface area contributed by atoms with E-state index in [9.17, 15) is 4.79 Å². The van der Waals surface area contributed by atoms with Gasteiger partial charge in [-0.25, -0.2) is 0 Å². The Kier molecular flexibility index (Phi) is 8.61. The van der Waals surface area contributed by atoms with E-state index in [1.165, 1.54) is 44.9 Å². The lowest BCUT2D eigenvalue weighted by Gasteiger charge is -2.17. The maximum atomic E-state index is 11.7. The lowest BCUT2D eigenvalue weighted by Crippen LogP contribution is -2.19. The Morgan fingerprint density at radius 2 is 1.11 bits per heavy atom. The van der Waals surface area contributed by atoms with Gasteiger partial charge in [-0.2, -0.15) is 0 Å².